The van der Waals surface area contributed by atoms with Crippen LogP contribution in [0.25, 0.3) is 22.6 Å². The average Bonchev–Trinajstić information content (AvgIpc) is 3.05. The van der Waals surface area contributed by atoms with Crippen molar-refractivity contribution in [2.75, 3.05) is 0 Å². The first-order valence-corrected chi connectivity index (χ1v) is 7.72. The van der Waals surface area contributed by atoms with E-state index in [0.717, 1.165) is 24.3 Å². The molecule has 2 heterocycles. The molecule has 0 amide bonds. The number of aromatic hydroxyl groups is 2. The van der Waals surface area contributed by atoms with Gasteiger partial charge in [-0.2, -0.15) is 13.2 Å². The molecular formula is C17H12F3N3O5. The van der Waals surface area contributed by atoms with Crippen LogP contribution in [0.4, 0.5) is 18.9 Å². The van der Waals surface area contributed by atoms with Crippen LogP contribution in [0.2, 0.25) is 0 Å². The number of nitro groups is 1. The van der Waals surface area contributed by atoms with Gasteiger partial charge in [0, 0.05) is 29.1 Å². The number of halogens is 3. The lowest BCUT2D eigenvalue weighted by atomic mass is 10.0. The van der Waals surface area contributed by atoms with Crippen molar-refractivity contribution in [2.24, 2.45) is 0 Å². The lowest BCUT2D eigenvalue weighted by Gasteiger charge is -2.13. The maximum Gasteiger partial charge on any atom is 0.417 e. The number of nitrogens with zero attached hydrogens (tertiary/aromatic N) is 3. The van der Waals surface area contributed by atoms with Crippen molar-refractivity contribution in [3.63, 3.8) is 0 Å². The first kappa shape index (κ1) is 19.1. The van der Waals surface area contributed by atoms with Crippen LogP contribution >= 0.6 is 0 Å². The van der Waals surface area contributed by atoms with E-state index in [9.17, 15) is 33.5 Å². The lowest BCUT2D eigenvalue weighted by molar-refractivity contribution is -0.385. The molecule has 2 aromatic heterocycles. The van der Waals surface area contributed by atoms with Crippen molar-refractivity contribution in [1.29, 1.82) is 0 Å². The van der Waals surface area contributed by atoms with Gasteiger partial charge in [0.25, 0.3) is 0 Å². The molecular weight excluding hydrogens is 383 g/mol. The van der Waals surface area contributed by atoms with Gasteiger partial charge in [0.05, 0.1) is 16.1 Å². The minimum Gasteiger partial charge on any atom is -0.504 e. The molecule has 0 spiro atoms. The number of aryl methyl sites for hydroxylation is 2. The van der Waals surface area contributed by atoms with Gasteiger partial charge < -0.3 is 14.7 Å². The molecule has 0 aliphatic rings. The predicted molar refractivity (Wildman–Crippen MR) is 89.6 cm³/mol. The molecule has 0 aliphatic heterocycles. The number of phenols is 2. The summed E-state index contributed by atoms with van der Waals surface area (Å²) in [6.07, 6.45) is -4.67. The smallest absolute Gasteiger partial charge is 0.417 e. The van der Waals surface area contributed by atoms with Gasteiger partial charge >= 0.3 is 11.9 Å². The van der Waals surface area contributed by atoms with E-state index in [2.05, 4.69) is 10.1 Å². The fourth-order valence-electron chi connectivity index (χ4n) is 2.78. The highest BCUT2D eigenvalue weighted by atomic mass is 19.4. The van der Waals surface area contributed by atoms with Gasteiger partial charge in [-0.1, -0.05) is 5.16 Å². The molecule has 8 nitrogen and oxygen atoms in total. The largest absolute Gasteiger partial charge is 0.504 e. The van der Waals surface area contributed by atoms with E-state index in [-0.39, 0.29) is 34.0 Å². The van der Waals surface area contributed by atoms with Crippen LogP contribution < -0.4 is 0 Å². The minimum absolute atomic E-state index is 0.0247. The molecule has 0 aliphatic carbocycles. The Labute approximate surface area is 155 Å². The lowest BCUT2D eigenvalue weighted by Crippen LogP contribution is -2.10. The molecule has 0 fully saturated rings. The summed E-state index contributed by atoms with van der Waals surface area (Å²) >= 11 is 0. The number of phenolic OH excluding ortho intramolecular Hbond substituents is 2. The van der Waals surface area contributed by atoms with Crippen LogP contribution in [0.5, 0.6) is 11.5 Å². The molecule has 0 saturated heterocycles. The second-order valence-corrected chi connectivity index (χ2v) is 5.97. The molecule has 3 rings (SSSR count). The monoisotopic (exact) mass is 395 g/mol. The molecule has 3 aromatic rings. The Kier molecular flexibility index (Phi) is 4.45. The maximum atomic E-state index is 13.4. The zero-order chi connectivity index (χ0) is 20.8. The van der Waals surface area contributed by atoms with Gasteiger partial charge in [0.15, 0.2) is 11.5 Å². The Bertz CT molecular complexity index is 1090. The van der Waals surface area contributed by atoms with E-state index >= 15 is 0 Å². The standard InChI is InChI=1S/C17H12F3N3O5/c1-7-3-10(17(18,19)20)15(8(2)21-7)14-6-11(22-28-14)9-4-12(23(26)27)16(25)13(24)5-9/h3-6,24-25H,1-2H3. The normalized spacial score (nSPS) is 11.6. The van der Waals surface area contributed by atoms with Gasteiger partial charge in [0.1, 0.15) is 5.69 Å². The maximum absolute atomic E-state index is 13.4. The molecule has 0 unspecified atom stereocenters. The van der Waals surface area contributed by atoms with E-state index < -0.39 is 33.8 Å². The summed E-state index contributed by atoms with van der Waals surface area (Å²) in [4.78, 5) is 14.1. The summed E-state index contributed by atoms with van der Waals surface area (Å²) in [5.74, 6) is -1.96. The van der Waals surface area contributed by atoms with Gasteiger partial charge in [-0.25, -0.2) is 0 Å². The molecule has 146 valence electrons. The van der Waals surface area contributed by atoms with Crippen molar-refractivity contribution < 1.29 is 32.8 Å². The summed E-state index contributed by atoms with van der Waals surface area (Å²) in [5, 5.41) is 33.8. The molecule has 1 aromatic carbocycles. The third-order valence-corrected chi connectivity index (χ3v) is 3.95. The molecule has 2 N–H and O–H groups in total. The van der Waals surface area contributed by atoms with E-state index in [1.54, 1.807) is 0 Å². The number of aromatic nitrogens is 2. The van der Waals surface area contributed by atoms with Crippen molar-refractivity contribution in [3.05, 3.63) is 51.3 Å². The average molecular weight is 395 g/mol. The number of hydrogen-bond acceptors (Lipinski definition) is 7. The van der Waals surface area contributed by atoms with Gasteiger partial charge in [-0.15, -0.1) is 0 Å². The Morgan fingerprint density at radius 3 is 2.43 bits per heavy atom. The topological polar surface area (TPSA) is 123 Å². The van der Waals surface area contributed by atoms with Crippen LogP contribution in [0.15, 0.2) is 28.8 Å². The summed E-state index contributed by atoms with van der Waals surface area (Å²) in [6, 6.07) is 3.92. The Morgan fingerprint density at radius 1 is 1.14 bits per heavy atom. The molecule has 0 saturated carbocycles. The summed E-state index contributed by atoms with van der Waals surface area (Å²) in [5.41, 5.74) is -1.91. The number of nitro benzene ring substituents is 1. The quantitative estimate of drug-likeness (QED) is 0.384. The van der Waals surface area contributed by atoms with Crippen LogP contribution in [0, 0.1) is 24.0 Å². The van der Waals surface area contributed by atoms with E-state index in [1.165, 1.54) is 13.8 Å². The third-order valence-electron chi connectivity index (χ3n) is 3.95. The molecule has 0 bridgehead atoms. The Morgan fingerprint density at radius 2 is 1.82 bits per heavy atom. The predicted octanol–water partition coefficient (Wildman–Crippen LogP) is 4.36. The minimum atomic E-state index is -4.67. The second kappa shape index (κ2) is 6.51. The van der Waals surface area contributed by atoms with Crippen molar-refractivity contribution >= 4 is 5.69 Å². The van der Waals surface area contributed by atoms with E-state index in [4.69, 9.17) is 4.52 Å². The zero-order valence-electron chi connectivity index (χ0n) is 14.4. The highest BCUT2D eigenvalue weighted by Gasteiger charge is 2.36. The van der Waals surface area contributed by atoms with Crippen LogP contribution in [0.1, 0.15) is 17.0 Å². The second-order valence-electron chi connectivity index (χ2n) is 5.97. The first-order chi connectivity index (χ1) is 13.0. The van der Waals surface area contributed by atoms with E-state index in [1.807, 2.05) is 0 Å². The Hall–Kier alpha value is -3.63. The fraction of sp³-hybridized carbons (Fsp3) is 0.176. The van der Waals surface area contributed by atoms with Gasteiger partial charge in [-0.3, -0.25) is 15.1 Å². The number of benzene rings is 1. The summed E-state index contributed by atoms with van der Waals surface area (Å²) < 4.78 is 45.3. The van der Waals surface area contributed by atoms with Gasteiger partial charge in [0.2, 0.25) is 5.75 Å². The van der Waals surface area contributed by atoms with Crippen molar-refractivity contribution in [3.8, 4) is 34.1 Å². The van der Waals surface area contributed by atoms with E-state index in [0.29, 0.717) is 0 Å². The van der Waals surface area contributed by atoms with Gasteiger partial charge in [-0.05, 0) is 26.0 Å². The SMILES string of the molecule is Cc1cc(C(F)(F)F)c(-c2cc(-c3cc(O)c(O)c([N+](=O)[O-])c3)no2)c(C)n1. The molecule has 28 heavy (non-hydrogen) atoms. The molecule has 11 heteroatoms. The number of hydrogen-bond donors (Lipinski definition) is 2. The highest BCUT2D eigenvalue weighted by molar-refractivity contribution is 5.74. The number of rotatable bonds is 3. The number of pyridine rings is 1. The summed E-state index contributed by atoms with van der Waals surface area (Å²) in [7, 11) is 0. The zero-order valence-corrected chi connectivity index (χ0v) is 14.4. The fourth-order valence-corrected chi connectivity index (χ4v) is 2.78. The van der Waals surface area contributed by atoms with Crippen LogP contribution in [0.3, 0.4) is 0 Å². The number of alkyl halides is 3. The van der Waals surface area contributed by atoms with Crippen LogP contribution in [-0.4, -0.2) is 25.3 Å². The first-order valence-electron chi connectivity index (χ1n) is 7.72. The summed E-state index contributed by atoms with van der Waals surface area (Å²) in [6.45, 7) is 2.81. The third kappa shape index (κ3) is 3.33. The molecule has 0 atom stereocenters. The van der Waals surface area contributed by atoms with Crippen molar-refractivity contribution in [2.45, 2.75) is 20.0 Å². The molecule has 0 radical (unpaired) electrons. The Balaban J connectivity index is 2.16. The highest BCUT2D eigenvalue weighted by Crippen LogP contribution is 2.42. The van der Waals surface area contributed by atoms with Crippen LogP contribution in [-0.2, 0) is 6.18 Å². The van der Waals surface area contributed by atoms with Crippen molar-refractivity contribution in [1.82, 2.24) is 10.1 Å².